The topological polar surface area (TPSA) is 38.3 Å². The van der Waals surface area contributed by atoms with E-state index in [1.807, 2.05) is 31.2 Å². The lowest BCUT2D eigenvalue weighted by Crippen LogP contribution is -2.33. The Hall–Kier alpha value is -1.95. The molecule has 0 bridgehead atoms. The maximum atomic E-state index is 11.7. The van der Waals surface area contributed by atoms with Crippen molar-refractivity contribution in [3.05, 3.63) is 29.8 Å². The summed E-state index contributed by atoms with van der Waals surface area (Å²) in [5, 5.41) is 2.84. The number of nitrogens with one attached hydrogen (secondary N) is 1. The number of carbonyl (C=O) groups excluding carboxylic acids is 1. The highest BCUT2D eigenvalue weighted by Crippen LogP contribution is 2.17. The average Bonchev–Trinajstić information content (AvgIpc) is 2.29. The molecule has 1 amide bonds. The summed E-state index contributed by atoms with van der Waals surface area (Å²) in [6.07, 6.45) is 6.03. The third kappa shape index (κ3) is 4.20. The Bertz CT molecular complexity index is 420. The Labute approximate surface area is 102 Å². The van der Waals surface area contributed by atoms with E-state index in [0.29, 0.717) is 12.8 Å². The molecular weight excluding hydrogens is 214 g/mol. The molecule has 0 spiro atoms. The number of rotatable bonds is 5. The number of terminal acetylenes is 1. The van der Waals surface area contributed by atoms with Crippen molar-refractivity contribution in [2.75, 3.05) is 7.11 Å². The summed E-state index contributed by atoms with van der Waals surface area (Å²) in [6, 6.07) is 7.48. The number of amides is 1. The molecule has 0 aliphatic rings. The van der Waals surface area contributed by atoms with Gasteiger partial charge in [0.05, 0.1) is 13.5 Å². The summed E-state index contributed by atoms with van der Waals surface area (Å²) in [7, 11) is 1.59. The van der Waals surface area contributed by atoms with Crippen LogP contribution in [-0.4, -0.2) is 19.1 Å². The van der Waals surface area contributed by atoms with E-state index in [1.54, 1.807) is 7.11 Å². The van der Waals surface area contributed by atoms with Gasteiger partial charge in [0.2, 0.25) is 5.91 Å². The van der Waals surface area contributed by atoms with Crippen LogP contribution in [0.5, 0.6) is 5.75 Å². The van der Waals surface area contributed by atoms with Gasteiger partial charge in [0, 0.05) is 18.0 Å². The Kier molecular flexibility index (Phi) is 5.09. The van der Waals surface area contributed by atoms with Crippen molar-refractivity contribution < 1.29 is 9.53 Å². The molecule has 1 rings (SSSR count). The minimum absolute atomic E-state index is 0.00204. The molecule has 17 heavy (non-hydrogen) atoms. The van der Waals surface area contributed by atoms with Gasteiger partial charge in [-0.25, -0.2) is 0 Å². The Balaban J connectivity index is 2.59. The summed E-state index contributed by atoms with van der Waals surface area (Å²) in [6.45, 7) is 1.89. The van der Waals surface area contributed by atoms with Gasteiger partial charge in [-0.1, -0.05) is 18.2 Å². The molecule has 0 aromatic heterocycles. The van der Waals surface area contributed by atoms with E-state index < -0.39 is 0 Å². The number of carbonyl (C=O) groups is 1. The second-order valence-electron chi connectivity index (χ2n) is 3.87. The maximum Gasteiger partial charge on any atom is 0.224 e. The molecule has 3 nitrogen and oxygen atoms in total. The molecule has 0 fully saturated rings. The summed E-state index contributed by atoms with van der Waals surface area (Å²) >= 11 is 0. The average molecular weight is 231 g/mol. The molecule has 0 saturated heterocycles. The van der Waals surface area contributed by atoms with Crippen molar-refractivity contribution in [2.24, 2.45) is 0 Å². The molecule has 1 atom stereocenters. The molecule has 0 heterocycles. The van der Waals surface area contributed by atoms with E-state index in [1.165, 1.54) is 0 Å². The second-order valence-corrected chi connectivity index (χ2v) is 3.87. The number of methoxy groups -OCH3 is 1. The van der Waals surface area contributed by atoms with Crippen LogP contribution >= 0.6 is 0 Å². The number of hydrogen-bond donors (Lipinski definition) is 1. The van der Waals surface area contributed by atoms with Crippen LogP contribution in [-0.2, 0) is 11.2 Å². The van der Waals surface area contributed by atoms with E-state index >= 15 is 0 Å². The first-order chi connectivity index (χ1) is 8.17. The fourth-order valence-corrected chi connectivity index (χ4v) is 1.58. The van der Waals surface area contributed by atoms with E-state index in [4.69, 9.17) is 11.2 Å². The quantitative estimate of drug-likeness (QED) is 0.784. The number of benzene rings is 1. The fraction of sp³-hybridized carbons (Fsp3) is 0.357. The molecule has 90 valence electrons. The molecule has 0 radical (unpaired) electrons. The number of para-hydroxylation sites is 1. The SMILES string of the molecule is C#CCC(C)NC(=O)Cc1ccccc1OC. The highest BCUT2D eigenvalue weighted by Gasteiger charge is 2.10. The lowest BCUT2D eigenvalue weighted by Gasteiger charge is -2.12. The molecule has 0 aliphatic carbocycles. The lowest BCUT2D eigenvalue weighted by atomic mass is 10.1. The van der Waals surface area contributed by atoms with Gasteiger partial charge in [0.15, 0.2) is 0 Å². The van der Waals surface area contributed by atoms with Crippen LogP contribution in [0, 0.1) is 12.3 Å². The minimum Gasteiger partial charge on any atom is -0.496 e. The molecule has 1 N–H and O–H groups in total. The van der Waals surface area contributed by atoms with Crippen molar-refractivity contribution in [3.63, 3.8) is 0 Å². The van der Waals surface area contributed by atoms with Crippen LogP contribution < -0.4 is 10.1 Å². The van der Waals surface area contributed by atoms with E-state index in [-0.39, 0.29) is 11.9 Å². The number of ether oxygens (including phenoxy) is 1. The molecule has 3 heteroatoms. The first-order valence-electron chi connectivity index (χ1n) is 5.52. The fourth-order valence-electron chi connectivity index (χ4n) is 1.58. The van der Waals surface area contributed by atoms with Gasteiger partial charge in [0.1, 0.15) is 5.75 Å². The Morgan fingerprint density at radius 3 is 2.88 bits per heavy atom. The first kappa shape index (κ1) is 13.1. The third-order valence-corrected chi connectivity index (χ3v) is 2.37. The summed E-state index contributed by atoms with van der Waals surface area (Å²) in [5.41, 5.74) is 0.875. The van der Waals surface area contributed by atoms with Crippen molar-refractivity contribution in [1.29, 1.82) is 0 Å². The van der Waals surface area contributed by atoms with Crippen LogP contribution in [0.4, 0.5) is 0 Å². The Morgan fingerprint density at radius 2 is 2.24 bits per heavy atom. The predicted octanol–water partition coefficient (Wildman–Crippen LogP) is 1.77. The highest BCUT2D eigenvalue weighted by molar-refractivity contribution is 5.79. The predicted molar refractivity (Wildman–Crippen MR) is 67.8 cm³/mol. The highest BCUT2D eigenvalue weighted by atomic mass is 16.5. The van der Waals surface area contributed by atoms with E-state index in [9.17, 15) is 4.79 Å². The minimum atomic E-state index is -0.0442. The van der Waals surface area contributed by atoms with Gasteiger partial charge in [0.25, 0.3) is 0 Å². The van der Waals surface area contributed by atoms with Crippen molar-refractivity contribution in [3.8, 4) is 18.1 Å². The summed E-state index contributed by atoms with van der Waals surface area (Å²) in [5.74, 6) is 3.20. The smallest absolute Gasteiger partial charge is 0.224 e. The van der Waals surface area contributed by atoms with Gasteiger partial charge in [-0.15, -0.1) is 12.3 Å². The summed E-state index contributed by atoms with van der Waals surface area (Å²) in [4.78, 5) is 11.7. The first-order valence-corrected chi connectivity index (χ1v) is 5.52. The van der Waals surface area contributed by atoms with Crippen LogP contribution in [0.2, 0.25) is 0 Å². The van der Waals surface area contributed by atoms with Crippen LogP contribution in [0.15, 0.2) is 24.3 Å². The molecule has 1 aromatic carbocycles. The van der Waals surface area contributed by atoms with Gasteiger partial charge < -0.3 is 10.1 Å². The largest absolute Gasteiger partial charge is 0.496 e. The zero-order chi connectivity index (χ0) is 12.7. The van der Waals surface area contributed by atoms with Gasteiger partial charge in [-0.3, -0.25) is 4.79 Å². The second kappa shape index (κ2) is 6.59. The maximum absolute atomic E-state index is 11.7. The normalized spacial score (nSPS) is 11.4. The molecule has 1 unspecified atom stereocenters. The molecule has 0 aliphatic heterocycles. The molecule has 0 saturated carbocycles. The Morgan fingerprint density at radius 1 is 1.53 bits per heavy atom. The zero-order valence-electron chi connectivity index (χ0n) is 10.2. The van der Waals surface area contributed by atoms with Gasteiger partial charge >= 0.3 is 0 Å². The van der Waals surface area contributed by atoms with Crippen molar-refractivity contribution >= 4 is 5.91 Å². The molecular formula is C14H17NO2. The van der Waals surface area contributed by atoms with Crippen molar-refractivity contribution in [1.82, 2.24) is 5.32 Å². The number of hydrogen-bond acceptors (Lipinski definition) is 2. The van der Waals surface area contributed by atoms with Crippen LogP contribution in [0.3, 0.4) is 0 Å². The van der Waals surface area contributed by atoms with Crippen molar-refractivity contribution in [2.45, 2.75) is 25.8 Å². The lowest BCUT2D eigenvalue weighted by molar-refractivity contribution is -0.121. The van der Waals surface area contributed by atoms with Gasteiger partial charge in [-0.2, -0.15) is 0 Å². The van der Waals surface area contributed by atoms with E-state index in [0.717, 1.165) is 11.3 Å². The van der Waals surface area contributed by atoms with E-state index in [2.05, 4.69) is 11.2 Å². The van der Waals surface area contributed by atoms with Crippen LogP contribution in [0.1, 0.15) is 18.9 Å². The van der Waals surface area contributed by atoms with Gasteiger partial charge in [-0.05, 0) is 13.0 Å². The zero-order valence-corrected chi connectivity index (χ0v) is 10.2. The standard InChI is InChI=1S/C14H17NO2/c1-4-7-11(2)15-14(16)10-12-8-5-6-9-13(12)17-3/h1,5-6,8-9,11H,7,10H2,2-3H3,(H,15,16). The molecule has 1 aromatic rings. The third-order valence-electron chi connectivity index (χ3n) is 2.37. The summed E-state index contributed by atoms with van der Waals surface area (Å²) < 4.78 is 5.19. The van der Waals surface area contributed by atoms with Crippen LogP contribution in [0.25, 0.3) is 0 Å². The monoisotopic (exact) mass is 231 g/mol.